The Labute approximate surface area is 271 Å². The van der Waals surface area contributed by atoms with Gasteiger partial charge in [0, 0.05) is 30.0 Å². The van der Waals surface area contributed by atoms with Crippen molar-refractivity contribution in [2.75, 3.05) is 31.0 Å². The van der Waals surface area contributed by atoms with Crippen LogP contribution in [0.2, 0.25) is 0 Å². The fourth-order valence-corrected chi connectivity index (χ4v) is 7.85. The van der Waals surface area contributed by atoms with E-state index in [4.69, 9.17) is 4.74 Å². The summed E-state index contributed by atoms with van der Waals surface area (Å²) in [6.45, 7) is 4.25. The summed E-state index contributed by atoms with van der Waals surface area (Å²) in [6.07, 6.45) is 0. The van der Waals surface area contributed by atoms with Gasteiger partial charge in [-0.25, -0.2) is 16.8 Å². The van der Waals surface area contributed by atoms with Gasteiger partial charge in [-0.2, -0.15) is 13.5 Å². The standard InChI is InChI=1S/C29H31N5O10S3/c1-6-45(37,38)25-15-23(35)22(13-24(25)44-5)33-31-20-11-8-17-18(29(20)36)9-10-19(30-4)28(17)34-32-21-14-26(46(39,40)7-2)27(12-16(21)3)47(41,42)43/h8-15,30,35-36H,6-7H2,1-5H3,(H,41,42,43). The summed E-state index contributed by atoms with van der Waals surface area (Å²) in [5, 5.41) is 41.7. The Morgan fingerprint density at radius 2 is 1.32 bits per heavy atom. The molecule has 0 saturated heterocycles. The van der Waals surface area contributed by atoms with E-state index >= 15 is 0 Å². The van der Waals surface area contributed by atoms with Crippen LogP contribution in [0.3, 0.4) is 0 Å². The highest BCUT2D eigenvalue weighted by Gasteiger charge is 2.26. The number of sulfone groups is 2. The zero-order valence-corrected chi connectivity index (χ0v) is 28.2. The van der Waals surface area contributed by atoms with Gasteiger partial charge in [0.25, 0.3) is 10.1 Å². The van der Waals surface area contributed by atoms with Gasteiger partial charge in [0.1, 0.15) is 38.4 Å². The molecule has 4 rings (SSSR count). The summed E-state index contributed by atoms with van der Waals surface area (Å²) in [5.41, 5.74) is 0.822. The molecule has 18 heteroatoms. The van der Waals surface area contributed by atoms with Gasteiger partial charge in [-0.1, -0.05) is 13.8 Å². The molecule has 0 spiro atoms. The Morgan fingerprint density at radius 1 is 0.723 bits per heavy atom. The molecule has 4 aromatic rings. The van der Waals surface area contributed by atoms with Crippen molar-refractivity contribution in [1.82, 2.24) is 0 Å². The lowest BCUT2D eigenvalue weighted by Gasteiger charge is -2.12. The minimum atomic E-state index is -4.87. The van der Waals surface area contributed by atoms with Gasteiger partial charge in [-0.05, 0) is 48.9 Å². The van der Waals surface area contributed by atoms with Crippen molar-refractivity contribution in [1.29, 1.82) is 0 Å². The smallest absolute Gasteiger partial charge is 0.295 e. The molecule has 0 bridgehead atoms. The zero-order chi connectivity index (χ0) is 34.9. The normalized spacial score (nSPS) is 12.7. The molecule has 0 amide bonds. The topological polar surface area (TPSA) is 234 Å². The first-order valence-electron chi connectivity index (χ1n) is 13.8. The fraction of sp³-hybridized carbons (Fsp3) is 0.241. The van der Waals surface area contributed by atoms with Gasteiger partial charge in [0.05, 0.1) is 34.9 Å². The largest absolute Gasteiger partial charge is 0.506 e. The molecule has 0 unspecified atom stereocenters. The van der Waals surface area contributed by atoms with E-state index in [-0.39, 0.29) is 55.8 Å². The van der Waals surface area contributed by atoms with E-state index in [1.807, 2.05) is 0 Å². The van der Waals surface area contributed by atoms with E-state index in [9.17, 15) is 40.0 Å². The van der Waals surface area contributed by atoms with Crippen LogP contribution < -0.4 is 10.1 Å². The molecular formula is C29H31N5O10S3. The lowest BCUT2D eigenvalue weighted by Crippen LogP contribution is -2.11. The van der Waals surface area contributed by atoms with Gasteiger partial charge in [-0.3, -0.25) is 4.55 Å². The number of aryl methyl sites for hydroxylation is 1. The molecule has 0 fully saturated rings. The number of ether oxygens (including phenoxy) is 1. The highest BCUT2D eigenvalue weighted by molar-refractivity contribution is 7.92. The van der Waals surface area contributed by atoms with Crippen LogP contribution in [0.15, 0.2) is 83.7 Å². The Morgan fingerprint density at radius 3 is 1.91 bits per heavy atom. The number of nitrogens with zero attached hydrogens (tertiary/aromatic N) is 4. The number of phenols is 2. The van der Waals surface area contributed by atoms with Crippen molar-refractivity contribution in [3.8, 4) is 17.2 Å². The first-order valence-corrected chi connectivity index (χ1v) is 18.5. The molecule has 0 aromatic heterocycles. The number of hydrogen-bond donors (Lipinski definition) is 4. The van der Waals surface area contributed by atoms with Gasteiger partial charge >= 0.3 is 0 Å². The van der Waals surface area contributed by atoms with Gasteiger partial charge in [0.15, 0.2) is 25.4 Å². The molecule has 0 atom stereocenters. The third-order valence-electron chi connectivity index (χ3n) is 7.15. The van der Waals surface area contributed by atoms with Gasteiger partial charge in [0.2, 0.25) is 0 Å². The Bertz CT molecular complexity index is 2290. The van der Waals surface area contributed by atoms with Crippen LogP contribution in [0, 0.1) is 6.92 Å². The number of rotatable bonds is 11. The third kappa shape index (κ3) is 7.04. The van der Waals surface area contributed by atoms with Crippen molar-refractivity contribution in [3.63, 3.8) is 0 Å². The summed E-state index contributed by atoms with van der Waals surface area (Å²) in [4.78, 5) is -1.59. The zero-order valence-electron chi connectivity index (χ0n) is 25.7. The maximum atomic E-state index is 12.7. The van der Waals surface area contributed by atoms with E-state index in [2.05, 4.69) is 25.8 Å². The predicted molar refractivity (Wildman–Crippen MR) is 175 cm³/mol. The molecule has 0 radical (unpaired) electrons. The van der Waals surface area contributed by atoms with E-state index in [0.29, 0.717) is 11.1 Å². The molecule has 15 nitrogen and oxygen atoms in total. The predicted octanol–water partition coefficient (Wildman–Crippen LogP) is 6.27. The van der Waals surface area contributed by atoms with Crippen molar-refractivity contribution < 1.29 is 44.8 Å². The Balaban J connectivity index is 1.81. The Kier molecular flexibility index (Phi) is 9.91. The molecule has 0 aliphatic heterocycles. The molecule has 47 heavy (non-hydrogen) atoms. The molecule has 250 valence electrons. The first kappa shape index (κ1) is 35.2. The highest BCUT2D eigenvalue weighted by Crippen LogP contribution is 2.44. The summed E-state index contributed by atoms with van der Waals surface area (Å²) >= 11 is 0. The molecule has 0 heterocycles. The van der Waals surface area contributed by atoms with Crippen molar-refractivity contribution in [2.24, 2.45) is 20.5 Å². The number of phenolic OH excluding ortho intramolecular Hbond substituents is 2. The molecule has 4 N–H and O–H groups in total. The van der Waals surface area contributed by atoms with E-state index < -0.39 is 51.1 Å². The number of azo groups is 2. The van der Waals surface area contributed by atoms with Crippen LogP contribution in [0.5, 0.6) is 17.2 Å². The number of aromatic hydroxyl groups is 2. The van der Waals surface area contributed by atoms with Crippen LogP contribution in [0.1, 0.15) is 19.4 Å². The van der Waals surface area contributed by atoms with Crippen molar-refractivity contribution >= 4 is 69.0 Å². The average molecular weight is 706 g/mol. The number of fused-ring (bicyclic) bond motifs is 1. The summed E-state index contributed by atoms with van der Waals surface area (Å²) < 4.78 is 88.8. The van der Waals surface area contributed by atoms with Crippen LogP contribution >= 0.6 is 0 Å². The lowest BCUT2D eigenvalue weighted by molar-refractivity contribution is 0.399. The molecule has 4 aromatic carbocycles. The number of benzene rings is 4. The number of hydrogen-bond acceptors (Lipinski definition) is 14. The number of methoxy groups -OCH3 is 1. The average Bonchev–Trinajstić information content (AvgIpc) is 3.03. The second-order valence-electron chi connectivity index (χ2n) is 10.00. The number of anilines is 1. The monoisotopic (exact) mass is 705 g/mol. The minimum Gasteiger partial charge on any atom is -0.506 e. The van der Waals surface area contributed by atoms with Crippen molar-refractivity contribution in [3.05, 3.63) is 54.1 Å². The summed E-state index contributed by atoms with van der Waals surface area (Å²) in [6, 6.07) is 10.4. The van der Waals surface area contributed by atoms with Gasteiger partial charge < -0.3 is 20.3 Å². The van der Waals surface area contributed by atoms with Crippen LogP contribution in [0.4, 0.5) is 28.4 Å². The quantitative estimate of drug-likeness (QED) is 0.100. The maximum Gasteiger partial charge on any atom is 0.295 e. The summed E-state index contributed by atoms with van der Waals surface area (Å²) in [7, 11) is -9.78. The fourth-order valence-electron chi connectivity index (χ4n) is 4.50. The molecule has 0 saturated carbocycles. The SMILES string of the molecule is CCS(=O)(=O)c1cc(O)c(N=Nc2ccc3c(N=Nc4cc(S(=O)(=O)CC)c(S(=O)(=O)O)cc4C)c(NC)ccc3c2O)cc1OC. The maximum absolute atomic E-state index is 12.7. The third-order valence-corrected chi connectivity index (χ3v) is 11.7. The second-order valence-corrected chi connectivity index (χ2v) is 15.9. The van der Waals surface area contributed by atoms with E-state index in [0.717, 1.165) is 18.2 Å². The molecular weight excluding hydrogens is 675 g/mol. The first-order chi connectivity index (χ1) is 22.0. The number of nitrogens with one attached hydrogen (secondary N) is 1. The lowest BCUT2D eigenvalue weighted by atomic mass is 10.1. The Hall–Kier alpha value is -4.65. The van der Waals surface area contributed by atoms with E-state index in [1.54, 1.807) is 25.2 Å². The molecule has 0 aliphatic rings. The van der Waals surface area contributed by atoms with Crippen LogP contribution in [-0.2, 0) is 29.8 Å². The van der Waals surface area contributed by atoms with Crippen LogP contribution in [-0.4, -0.2) is 65.7 Å². The summed E-state index contributed by atoms with van der Waals surface area (Å²) in [5.74, 6) is -1.48. The minimum absolute atomic E-state index is 0.00715. The van der Waals surface area contributed by atoms with Crippen LogP contribution in [0.25, 0.3) is 10.8 Å². The van der Waals surface area contributed by atoms with Crippen molar-refractivity contribution in [2.45, 2.75) is 35.5 Å². The van der Waals surface area contributed by atoms with Gasteiger partial charge in [-0.15, -0.1) is 15.3 Å². The second kappa shape index (κ2) is 13.2. The van der Waals surface area contributed by atoms with E-state index in [1.165, 1.54) is 40.0 Å². The highest BCUT2D eigenvalue weighted by atomic mass is 32.2. The molecule has 0 aliphatic carbocycles.